The van der Waals surface area contributed by atoms with E-state index in [1.807, 2.05) is 34.6 Å². The van der Waals surface area contributed by atoms with Gasteiger partial charge in [-0.3, -0.25) is 9.59 Å². The van der Waals surface area contributed by atoms with Gasteiger partial charge in [0.1, 0.15) is 23.4 Å². The van der Waals surface area contributed by atoms with E-state index < -0.39 is 29.3 Å². The molecule has 0 fully saturated rings. The smallest absolute Gasteiger partial charge is 0.408 e. The Bertz CT molecular complexity index is 947. The van der Waals surface area contributed by atoms with E-state index in [4.69, 9.17) is 4.74 Å². The molecule has 3 N–H and O–H groups in total. The lowest BCUT2D eigenvalue weighted by molar-refractivity contribution is -0.143. The van der Waals surface area contributed by atoms with Crippen LogP contribution in [0.25, 0.3) is 0 Å². The Kier molecular flexibility index (Phi) is 13.3. The van der Waals surface area contributed by atoms with Gasteiger partial charge < -0.3 is 25.4 Å². The molecule has 0 heterocycles. The van der Waals surface area contributed by atoms with Gasteiger partial charge in [0.2, 0.25) is 11.8 Å². The number of carbonyl (C=O) groups is 3. The molecule has 1 aromatic carbocycles. The lowest BCUT2D eigenvalue weighted by atomic mass is 9.96. The number of aromatic hydroxyl groups is 1. The van der Waals surface area contributed by atoms with Crippen LogP contribution in [0.2, 0.25) is 0 Å². The summed E-state index contributed by atoms with van der Waals surface area (Å²) in [4.78, 5) is 42.4. The molecule has 2 atom stereocenters. The Balaban J connectivity index is 3.56. The number of carbonyl (C=O) groups excluding carboxylic acids is 3. The first-order chi connectivity index (χ1) is 17.9. The van der Waals surface area contributed by atoms with Crippen LogP contribution in [0.1, 0.15) is 118 Å². The third-order valence-corrected chi connectivity index (χ3v) is 6.08. The van der Waals surface area contributed by atoms with E-state index in [-0.39, 0.29) is 23.5 Å². The Labute approximate surface area is 236 Å². The maximum absolute atomic E-state index is 14.3. The summed E-state index contributed by atoms with van der Waals surface area (Å²) in [7, 11) is 0. The molecule has 0 aliphatic heterocycles. The zero-order chi connectivity index (χ0) is 30.0. The van der Waals surface area contributed by atoms with Gasteiger partial charge in [-0.2, -0.15) is 0 Å². The molecular weight excluding hydrogens is 494 g/mol. The van der Waals surface area contributed by atoms with Crippen LogP contribution in [0.3, 0.4) is 0 Å². The van der Waals surface area contributed by atoms with Crippen molar-refractivity contribution in [1.29, 1.82) is 0 Å². The zero-order valence-electron chi connectivity index (χ0n) is 25.9. The fourth-order valence-corrected chi connectivity index (χ4v) is 4.35. The number of phenolic OH excluding ortho intramolecular Hbond substituents is 1. The van der Waals surface area contributed by atoms with Crippen molar-refractivity contribution in [2.24, 2.45) is 5.92 Å². The molecule has 0 saturated heterocycles. The number of hydrogen-bond donors (Lipinski definition) is 3. The molecule has 8 heteroatoms. The number of nitrogens with one attached hydrogen (secondary N) is 2. The van der Waals surface area contributed by atoms with Crippen LogP contribution >= 0.6 is 0 Å². The van der Waals surface area contributed by atoms with Crippen molar-refractivity contribution in [3.63, 3.8) is 0 Å². The minimum absolute atomic E-state index is 0.109. The van der Waals surface area contributed by atoms with Crippen LogP contribution in [0, 0.1) is 12.8 Å². The molecule has 0 aliphatic rings. The van der Waals surface area contributed by atoms with Gasteiger partial charge in [0, 0.05) is 12.1 Å². The molecule has 0 aliphatic carbocycles. The monoisotopic (exact) mass is 547 g/mol. The van der Waals surface area contributed by atoms with Crippen molar-refractivity contribution in [3.05, 3.63) is 29.3 Å². The highest BCUT2D eigenvalue weighted by atomic mass is 16.6. The summed E-state index contributed by atoms with van der Waals surface area (Å²) in [6.07, 6.45) is 4.63. The first-order valence-corrected chi connectivity index (χ1v) is 14.4. The van der Waals surface area contributed by atoms with Crippen molar-refractivity contribution < 1.29 is 24.2 Å². The Hall–Kier alpha value is -2.77. The average molecular weight is 548 g/mol. The molecule has 39 heavy (non-hydrogen) atoms. The Morgan fingerprint density at radius 1 is 1.00 bits per heavy atom. The number of nitrogens with zero attached hydrogens (tertiary/aromatic N) is 1. The number of unbranched alkanes of at least 4 members (excludes halogenated alkanes) is 4. The highest BCUT2D eigenvalue weighted by Gasteiger charge is 2.37. The number of phenols is 1. The van der Waals surface area contributed by atoms with Gasteiger partial charge >= 0.3 is 6.09 Å². The number of aryl methyl sites for hydroxylation is 1. The number of amides is 3. The lowest BCUT2D eigenvalue weighted by Crippen LogP contribution is -2.55. The van der Waals surface area contributed by atoms with Gasteiger partial charge in [-0.1, -0.05) is 52.5 Å². The molecule has 222 valence electrons. The quantitative estimate of drug-likeness (QED) is 0.248. The number of rotatable bonds is 13. The maximum Gasteiger partial charge on any atom is 0.408 e. The summed E-state index contributed by atoms with van der Waals surface area (Å²) >= 11 is 0. The minimum Gasteiger partial charge on any atom is -0.508 e. The van der Waals surface area contributed by atoms with Crippen LogP contribution in [-0.4, -0.2) is 51.6 Å². The van der Waals surface area contributed by atoms with Crippen molar-refractivity contribution in [1.82, 2.24) is 15.5 Å². The Morgan fingerprint density at radius 2 is 1.62 bits per heavy atom. The predicted molar refractivity (Wildman–Crippen MR) is 157 cm³/mol. The van der Waals surface area contributed by atoms with E-state index in [2.05, 4.69) is 17.6 Å². The first-order valence-electron chi connectivity index (χ1n) is 14.4. The van der Waals surface area contributed by atoms with Crippen LogP contribution < -0.4 is 10.6 Å². The summed E-state index contributed by atoms with van der Waals surface area (Å²) in [6, 6.07) is 3.19. The Morgan fingerprint density at radius 3 is 2.13 bits per heavy atom. The van der Waals surface area contributed by atoms with E-state index >= 15 is 0 Å². The van der Waals surface area contributed by atoms with Gasteiger partial charge in [0.05, 0.1) is 0 Å². The van der Waals surface area contributed by atoms with Gasteiger partial charge in [0.15, 0.2) is 0 Å². The average Bonchev–Trinajstić information content (AvgIpc) is 2.76. The number of alkyl carbamates (subject to hydrolysis) is 1. The van der Waals surface area contributed by atoms with Crippen LogP contribution in [0.4, 0.5) is 4.79 Å². The minimum atomic E-state index is -0.933. The van der Waals surface area contributed by atoms with Crippen molar-refractivity contribution in [3.8, 4) is 5.75 Å². The zero-order valence-corrected chi connectivity index (χ0v) is 25.9. The molecule has 0 aromatic heterocycles. The summed E-state index contributed by atoms with van der Waals surface area (Å²) in [6.45, 7) is 19.2. The van der Waals surface area contributed by atoms with Gasteiger partial charge in [-0.25, -0.2) is 4.79 Å². The molecule has 3 amide bonds. The topological polar surface area (TPSA) is 108 Å². The van der Waals surface area contributed by atoms with Crippen LogP contribution in [0.15, 0.2) is 18.2 Å². The highest BCUT2D eigenvalue weighted by molar-refractivity contribution is 5.92. The van der Waals surface area contributed by atoms with Gasteiger partial charge in [0.25, 0.3) is 0 Å². The molecule has 1 aromatic rings. The predicted octanol–water partition coefficient (Wildman–Crippen LogP) is 6.39. The van der Waals surface area contributed by atoms with Crippen molar-refractivity contribution in [2.45, 2.75) is 131 Å². The summed E-state index contributed by atoms with van der Waals surface area (Å²) in [5, 5.41) is 16.0. The number of hydrogen-bond acceptors (Lipinski definition) is 5. The maximum atomic E-state index is 14.3. The van der Waals surface area contributed by atoms with Gasteiger partial charge in [-0.15, -0.1) is 0 Å². The van der Waals surface area contributed by atoms with Crippen LogP contribution in [0.5, 0.6) is 5.75 Å². The highest BCUT2D eigenvalue weighted by Crippen LogP contribution is 2.29. The fraction of sp³-hybridized carbons (Fsp3) is 0.710. The molecule has 1 rings (SSSR count). The number of benzene rings is 1. The molecule has 8 nitrogen and oxygen atoms in total. The van der Waals surface area contributed by atoms with E-state index in [9.17, 15) is 19.5 Å². The second-order valence-corrected chi connectivity index (χ2v) is 13.0. The second kappa shape index (κ2) is 15.1. The van der Waals surface area contributed by atoms with E-state index in [0.717, 1.165) is 32.1 Å². The normalized spacial score (nSPS) is 13.5. The molecule has 0 spiro atoms. The second-order valence-electron chi connectivity index (χ2n) is 13.0. The molecule has 0 radical (unpaired) electrons. The van der Waals surface area contributed by atoms with E-state index in [1.54, 1.807) is 50.8 Å². The van der Waals surface area contributed by atoms with Crippen molar-refractivity contribution >= 4 is 17.9 Å². The summed E-state index contributed by atoms with van der Waals surface area (Å²) in [5.74, 6) is -0.409. The van der Waals surface area contributed by atoms with Gasteiger partial charge in [-0.05, 0) is 90.5 Å². The van der Waals surface area contributed by atoms with E-state index in [0.29, 0.717) is 24.1 Å². The first kappa shape index (κ1) is 34.3. The molecular formula is C31H53N3O5. The molecule has 0 bridgehead atoms. The summed E-state index contributed by atoms with van der Waals surface area (Å²) < 4.78 is 5.46. The fourth-order valence-electron chi connectivity index (χ4n) is 4.35. The third kappa shape index (κ3) is 12.8. The van der Waals surface area contributed by atoms with Crippen LogP contribution in [-0.2, 0) is 14.3 Å². The number of ether oxygens (including phenoxy) is 1. The third-order valence-electron chi connectivity index (χ3n) is 6.08. The standard InChI is InChI=1S/C31H53N3O5/c1-11-12-13-14-15-18-34(28(37)24(19-21(2)3)32-29(38)39-31(8,9)10)26(27(36)33-30(5,6)7)23-16-17-25(35)22(4)20-23/h16-17,20-21,24,26,35H,11-15,18-19H2,1-10H3,(H,32,38)(H,33,36). The summed E-state index contributed by atoms with van der Waals surface area (Å²) in [5.41, 5.74) is -0.0207. The SMILES string of the molecule is CCCCCCCN(C(=O)C(CC(C)C)NC(=O)OC(C)(C)C)C(C(=O)NC(C)(C)C)c1ccc(O)c(C)c1. The van der Waals surface area contributed by atoms with E-state index in [1.165, 1.54) is 0 Å². The molecule has 2 unspecified atom stereocenters. The lowest BCUT2D eigenvalue weighted by Gasteiger charge is -2.36. The van der Waals surface area contributed by atoms with Crippen molar-refractivity contribution in [2.75, 3.05) is 6.54 Å². The largest absolute Gasteiger partial charge is 0.508 e. The molecule has 0 saturated carbocycles.